The molecule has 2 unspecified atom stereocenters. The molecule has 82 valence electrons. The molecule has 15 heavy (non-hydrogen) atoms. The van der Waals surface area contributed by atoms with Gasteiger partial charge in [0, 0.05) is 6.04 Å². The van der Waals surface area contributed by atoms with Crippen molar-refractivity contribution in [3.05, 3.63) is 24.3 Å². The zero-order chi connectivity index (χ0) is 10.7. The van der Waals surface area contributed by atoms with Crippen LogP contribution in [0.5, 0.6) is 5.75 Å². The minimum atomic E-state index is 0.235. The van der Waals surface area contributed by atoms with Gasteiger partial charge in [0.25, 0.3) is 0 Å². The van der Waals surface area contributed by atoms with Crippen LogP contribution in [-0.2, 0) is 0 Å². The molecular formula is C12H18N2O. The third kappa shape index (κ3) is 2.63. The fourth-order valence-corrected chi connectivity index (χ4v) is 2.06. The molecule has 0 radical (unpaired) electrons. The van der Waals surface area contributed by atoms with E-state index in [1.165, 1.54) is 0 Å². The van der Waals surface area contributed by atoms with E-state index in [0.717, 1.165) is 31.4 Å². The molecule has 1 saturated carbocycles. The standard InChI is InChI=1S/C12H18N2O/c13-9-4-3-5-10(8-9)15-12-7-2-1-6-11(12)14/h1-2,6-7,9-10H,3-5,8,13-14H2. The zero-order valence-electron chi connectivity index (χ0n) is 8.86. The highest BCUT2D eigenvalue weighted by atomic mass is 16.5. The van der Waals surface area contributed by atoms with Crippen LogP contribution in [0.25, 0.3) is 0 Å². The molecule has 1 aromatic rings. The fourth-order valence-electron chi connectivity index (χ4n) is 2.06. The molecule has 4 N–H and O–H groups in total. The average Bonchev–Trinajstić information content (AvgIpc) is 2.22. The third-order valence-corrected chi connectivity index (χ3v) is 2.88. The van der Waals surface area contributed by atoms with Crippen molar-refractivity contribution in [2.24, 2.45) is 5.73 Å². The second-order valence-electron chi connectivity index (χ2n) is 4.20. The summed E-state index contributed by atoms with van der Waals surface area (Å²) < 4.78 is 5.85. The van der Waals surface area contributed by atoms with Crippen LogP contribution >= 0.6 is 0 Å². The maximum Gasteiger partial charge on any atom is 0.142 e. The largest absolute Gasteiger partial charge is 0.488 e. The molecule has 0 amide bonds. The van der Waals surface area contributed by atoms with Gasteiger partial charge in [-0.1, -0.05) is 12.1 Å². The predicted octanol–water partition coefficient (Wildman–Crippen LogP) is 1.92. The van der Waals surface area contributed by atoms with Crippen molar-refractivity contribution in [2.75, 3.05) is 5.73 Å². The smallest absolute Gasteiger partial charge is 0.142 e. The Morgan fingerprint density at radius 3 is 2.73 bits per heavy atom. The highest BCUT2D eigenvalue weighted by molar-refractivity contribution is 5.51. The number of nitrogens with two attached hydrogens (primary N) is 2. The normalized spacial score (nSPS) is 26.2. The topological polar surface area (TPSA) is 61.3 Å². The van der Waals surface area contributed by atoms with E-state index < -0.39 is 0 Å². The van der Waals surface area contributed by atoms with Crippen LogP contribution in [0.3, 0.4) is 0 Å². The van der Waals surface area contributed by atoms with Gasteiger partial charge < -0.3 is 16.2 Å². The summed E-state index contributed by atoms with van der Waals surface area (Å²) in [7, 11) is 0. The summed E-state index contributed by atoms with van der Waals surface area (Å²) >= 11 is 0. The number of hydrogen-bond acceptors (Lipinski definition) is 3. The van der Waals surface area contributed by atoms with Crippen molar-refractivity contribution in [2.45, 2.75) is 37.8 Å². The molecule has 1 fully saturated rings. The van der Waals surface area contributed by atoms with Gasteiger partial charge in [0.2, 0.25) is 0 Å². The second-order valence-corrected chi connectivity index (χ2v) is 4.20. The van der Waals surface area contributed by atoms with Crippen LogP contribution in [0.2, 0.25) is 0 Å². The summed E-state index contributed by atoms with van der Waals surface area (Å²) in [5.74, 6) is 0.789. The number of anilines is 1. The minimum absolute atomic E-state index is 0.235. The SMILES string of the molecule is Nc1ccccc1OC1CCCC(N)C1. The number of ether oxygens (including phenoxy) is 1. The zero-order valence-corrected chi connectivity index (χ0v) is 8.86. The molecule has 0 spiro atoms. The monoisotopic (exact) mass is 206 g/mol. The average molecular weight is 206 g/mol. The number of hydrogen-bond donors (Lipinski definition) is 2. The summed E-state index contributed by atoms with van der Waals surface area (Å²) in [6.45, 7) is 0. The first-order valence-electron chi connectivity index (χ1n) is 5.52. The molecule has 1 aromatic carbocycles. The summed E-state index contributed by atoms with van der Waals surface area (Å²) in [5.41, 5.74) is 12.4. The van der Waals surface area contributed by atoms with Crippen LogP contribution in [0.4, 0.5) is 5.69 Å². The number of rotatable bonds is 2. The number of benzene rings is 1. The van der Waals surface area contributed by atoms with E-state index >= 15 is 0 Å². The number of para-hydroxylation sites is 2. The maximum atomic E-state index is 5.91. The second kappa shape index (κ2) is 4.53. The van der Waals surface area contributed by atoms with Crippen LogP contribution < -0.4 is 16.2 Å². The lowest BCUT2D eigenvalue weighted by molar-refractivity contribution is 0.145. The summed E-state index contributed by atoms with van der Waals surface area (Å²) in [4.78, 5) is 0. The lowest BCUT2D eigenvalue weighted by atomic mass is 9.93. The molecule has 2 atom stereocenters. The summed E-state index contributed by atoms with van der Waals surface area (Å²) in [6.07, 6.45) is 4.53. The van der Waals surface area contributed by atoms with Crippen LogP contribution in [0.15, 0.2) is 24.3 Å². The Balaban J connectivity index is 1.99. The lowest BCUT2D eigenvalue weighted by Gasteiger charge is -2.27. The van der Waals surface area contributed by atoms with Crippen molar-refractivity contribution >= 4 is 5.69 Å². The first kappa shape index (κ1) is 10.3. The Hall–Kier alpha value is -1.22. The molecule has 1 aliphatic carbocycles. The molecule has 0 aromatic heterocycles. The van der Waals surface area contributed by atoms with Gasteiger partial charge in [-0.05, 0) is 37.8 Å². The van der Waals surface area contributed by atoms with Gasteiger partial charge in [0.05, 0.1) is 5.69 Å². The Labute approximate surface area is 90.4 Å². The van der Waals surface area contributed by atoms with Gasteiger partial charge in [-0.15, -0.1) is 0 Å². The molecule has 0 saturated heterocycles. The molecule has 3 nitrogen and oxygen atoms in total. The quantitative estimate of drug-likeness (QED) is 0.727. The lowest BCUT2D eigenvalue weighted by Crippen LogP contribution is -2.33. The van der Waals surface area contributed by atoms with Gasteiger partial charge in [-0.3, -0.25) is 0 Å². The van der Waals surface area contributed by atoms with Crippen molar-refractivity contribution in [3.63, 3.8) is 0 Å². The third-order valence-electron chi connectivity index (χ3n) is 2.88. The van der Waals surface area contributed by atoms with Gasteiger partial charge in [0.1, 0.15) is 11.9 Å². The van der Waals surface area contributed by atoms with Gasteiger partial charge in [-0.25, -0.2) is 0 Å². The number of nitrogen functional groups attached to an aromatic ring is 1. The van der Waals surface area contributed by atoms with E-state index in [-0.39, 0.29) is 12.1 Å². The fraction of sp³-hybridized carbons (Fsp3) is 0.500. The van der Waals surface area contributed by atoms with Crippen molar-refractivity contribution in [1.82, 2.24) is 0 Å². The van der Waals surface area contributed by atoms with E-state index in [2.05, 4.69) is 0 Å². The Morgan fingerprint density at radius 2 is 2.00 bits per heavy atom. The molecule has 2 rings (SSSR count). The van der Waals surface area contributed by atoms with Crippen molar-refractivity contribution < 1.29 is 4.74 Å². The van der Waals surface area contributed by atoms with Crippen molar-refractivity contribution in [1.29, 1.82) is 0 Å². The predicted molar refractivity (Wildman–Crippen MR) is 61.7 cm³/mol. The van der Waals surface area contributed by atoms with E-state index in [0.29, 0.717) is 5.69 Å². The van der Waals surface area contributed by atoms with E-state index in [9.17, 15) is 0 Å². The molecule has 0 aliphatic heterocycles. The van der Waals surface area contributed by atoms with Crippen LogP contribution in [-0.4, -0.2) is 12.1 Å². The Bertz CT molecular complexity index is 327. The Morgan fingerprint density at radius 1 is 1.20 bits per heavy atom. The molecule has 0 bridgehead atoms. The summed E-state index contributed by atoms with van der Waals surface area (Å²) in [6, 6.07) is 7.91. The van der Waals surface area contributed by atoms with Gasteiger partial charge in [0.15, 0.2) is 0 Å². The van der Waals surface area contributed by atoms with Crippen LogP contribution in [0.1, 0.15) is 25.7 Å². The minimum Gasteiger partial charge on any atom is -0.488 e. The summed E-state index contributed by atoms with van der Waals surface area (Å²) in [5, 5.41) is 0. The molecule has 3 heteroatoms. The first-order valence-corrected chi connectivity index (χ1v) is 5.52. The van der Waals surface area contributed by atoms with Crippen molar-refractivity contribution in [3.8, 4) is 5.75 Å². The van der Waals surface area contributed by atoms with Gasteiger partial charge >= 0.3 is 0 Å². The van der Waals surface area contributed by atoms with E-state index in [4.69, 9.17) is 16.2 Å². The van der Waals surface area contributed by atoms with E-state index in [1.54, 1.807) is 0 Å². The highest BCUT2D eigenvalue weighted by Crippen LogP contribution is 2.26. The molecule has 1 aliphatic rings. The first-order chi connectivity index (χ1) is 7.25. The highest BCUT2D eigenvalue weighted by Gasteiger charge is 2.20. The molecule has 0 heterocycles. The van der Waals surface area contributed by atoms with E-state index in [1.807, 2.05) is 24.3 Å². The Kier molecular flexibility index (Phi) is 3.11. The van der Waals surface area contributed by atoms with Crippen LogP contribution in [0, 0.1) is 0 Å². The van der Waals surface area contributed by atoms with Gasteiger partial charge in [-0.2, -0.15) is 0 Å². The molecular weight excluding hydrogens is 188 g/mol. The maximum absolute atomic E-state index is 5.91.